The van der Waals surface area contributed by atoms with Crippen LogP contribution in [0.15, 0.2) is 48.5 Å². The lowest BCUT2D eigenvalue weighted by Crippen LogP contribution is -2.05. The molecule has 0 atom stereocenters. The second-order valence-electron chi connectivity index (χ2n) is 7.39. The molecule has 0 saturated heterocycles. The number of benzene rings is 3. The summed E-state index contributed by atoms with van der Waals surface area (Å²) < 4.78 is 2.11. The fourth-order valence-corrected chi connectivity index (χ4v) is 4.57. The Labute approximate surface area is 174 Å². The monoisotopic (exact) mass is 398 g/mol. The molecule has 0 spiro atoms. The number of hydrogen-bond acceptors (Lipinski definition) is 3. The van der Waals surface area contributed by atoms with Gasteiger partial charge in [-0.15, -0.1) is 10.2 Å². The topological polar surface area (TPSA) is 54.5 Å². The van der Waals surface area contributed by atoms with Gasteiger partial charge in [0.2, 0.25) is 0 Å². The first kappa shape index (κ1) is 17.9. The van der Waals surface area contributed by atoms with Crippen LogP contribution in [-0.4, -0.2) is 14.8 Å². The van der Waals surface area contributed by atoms with Crippen LogP contribution >= 0.6 is 11.6 Å². The van der Waals surface area contributed by atoms with Crippen LogP contribution in [0, 0.1) is 11.3 Å². The summed E-state index contributed by atoms with van der Waals surface area (Å²) in [6, 6.07) is 18.5. The Balaban J connectivity index is 1.79. The van der Waals surface area contributed by atoms with E-state index in [-0.39, 0.29) is 0 Å². The molecular formula is C24H19ClN4. The van der Waals surface area contributed by atoms with Crippen molar-refractivity contribution >= 4 is 44.8 Å². The van der Waals surface area contributed by atoms with Crippen LogP contribution in [0.1, 0.15) is 36.5 Å². The zero-order valence-electron chi connectivity index (χ0n) is 15.9. The summed E-state index contributed by atoms with van der Waals surface area (Å²) >= 11 is 6.72. The second-order valence-corrected chi connectivity index (χ2v) is 7.77. The number of nitrogens with zero attached hydrogens (tertiary/aromatic N) is 4. The summed E-state index contributed by atoms with van der Waals surface area (Å²) in [7, 11) is 0. The average Bonchev–Trinajstić information content (AvgIpc) is 3.01. The second kappa shape index (κ2) is 7.35. The van der Waals surface area contributed by atoms with Crippen molar-refractivity contribution < 1.29 is 0 Å². The summed E-state index contributed by atoms with van der Waals surface area (Å²) in [5.74, 6) is 1.64. The number of fused-ring (bicyclic) bond motifs is 3. The molecule has 29 heavy (non-hydrogen) atoms. The summed E-state index contributed by atoms with van der Waals surface area (Å²) in [6.07, 6.45) is 6.25. The predicted octanol–water partition coefficient (Wildman–Crippen LogP) is 6.03. The van der Waals surface area contributed by atoms with E-state index in [0.29, 0.717) is 11.4 Å². The third kappa shape index (κ3) is 2.99. The van der Waals surface area contributed by atoms with Crippen molar-refractivity contribution in [3.05, 3.63) is 70.8 Å². The number of hydrogen-bond donors (Lipinski definition) is 0. The lowest BCUT2D eigenvalue weighted by molar-refractivity contribution is 0.627. The average molecular weight is 399 g/mol. The molecule has 0 aliphatic carbocycles. The quantitative estimate of drug-likeness (QED) is 0.306. The van der Waals surface area contributed by atoms with Gasteiger partial charge >= 0.3 is 0 Å². The lowest BCUT2D eigenvalue weighted by Gasteiger charge is -2.12. The number of aromatic nitrogens is 3. The van der Waals surface area contributed by atoms with Gasteiger partial charge in [-0.3, -0.25) is 0 Å². The highest BCUT2D eigenvalue weighted by Crippen LogP contribution is 2.37. The zero-order chi connectivity index (χ0) is 19.8. The maximum Gasteiger partial charge on any atom is 0.174 e. The minimum absolute atomic E-state index is 0.531. The molecule has 0 fully saturated rings. The van der Waals surface area contributed by atoms with Crippen molar-refractivity contribution in [1.82, 2.24) is 14.8 Å². The number of halogens is 1. The summed E-state index contributed by atoms with van der Waals surface area (Å²) in [5, 5.41) is 23.5. The molecule has 1 aromatic heterocycles. The van der Waals surface area contributed by atoms with Gasteiger partial charge < -0.3 is 4.57 Å². The molecule has 3 aromatic carbocycles. The minimum atomic E-state index is 0.531. The van der Waals surface area contributed by atoms with E-state index in [9.17, 15) is 5.26 Å². The first-order valence-electron chi connectivity index (χ1n) is 9.91. The van der Waals surface area contributed by atoms with Crippen LogP contribution in [0.3, 0.4) is 0 Å². The fraction of sp³-hybridized carbons (Fsp3) is 0.208. The van der Waals surface area contributed by atoms with E-state index in [2.05, 4.69) is 33.0 Å². The van der Waals surface area contributed by atoms with Gasteiger partial charge in [-0.05, 0) is 35.3 Å². The smallest absolute Gasteiger partial charge is 0.174 e. The molecule has 4 nitrogen and oxygen atoms in total. The molecule has 5 rings (SSSR count). The van der Waals surface area contributed by atoms with Crippen LogP contribution in [0.5, 0.6) is 0 Å². The van der Waals surface area contributed by atoms with Gasteiger partial charge in [-0.1, -0.05) is 66.6 Å². The molecule has 5 heteroatoms. The molecule has 0 saturated carbocycles. The van der Waals surface area contributed by atoms with Crippen molar-refractivity contribution in [2.75, 3.05) is 0 Å². The summed E-state index contributed by atoms with van der Waals surface area (Å²) in [6.45, 7) is 0.860. The maximum atomic E-state index is 10.0. The van der Waals surface area contributed by atoms with Gasteiger partial charge in [0.1, 0.15) is 11.9 Å². The first-order valence-corrected chi connectivity index (χ1v) is 10.3. The van der Waals surface area contributed by atoms with Gasteiger partial charge in [0.05, 0.1) is 10.6 Å². The summed E-state index contributed by atoms with van der Waals surface area (Å²) in [5.41, 5.74) is 1.52. The first-order chi connectivity index (χ1) is 14.3. The maximum absolute atomic E-state index is 10.0. The molecule has 0 N–H and O–H groups in total. The van der Waals surface area contributed by atoms with E-state index >= 15 is 0 Å². The largest absolute Gasteiger partial charge is 0.310 e. The van der Waals surface area contributed by atoms with E-state index < -0.39 is 0 Å². The Morgan fingerprint density at radius 2 is 1.59 bits per heavy atom. The Morgan fingerprint density at radius 3 is 2.24 bits per heavy atom. The highest BCUT2D eigenvalue weighted by molar-refractivity contribution is 6.41. The standard InChI is InChI=1S/C24H19ClN4/c25-23-19-10-5-3-8-17(19)21(18-9-4-6-11-20(18)23)14-16(15-26)24-28-27-22-12-2-1-7-13-29(22)24/h3-6,8-11,14H,1-2,7,12-13H2. The van der Waals surface area contributed by atoms with E-state index in [1.165, 1.54) is 6.42 Å². The number of rotatable bonds is 2. The molecular weight excluding hydrogens is 380 g/mol. The van der Waals surface area contributed by atoms with Gasteiger partial charge in [0.25, 0.3) is 0 Å². The van der Waals surface area contributed by atoms with Crippen LogP contribution in [-0.2, 0) is 13.0 Å². The highest BCUT2D eigenvalue weighted by atomic mass is 35.5. The van der Waals surface area contributed by atoms with Gasteiger partial charge in [0.15, 0.2) is 5.82 Å². The molecule has 1 aliphatic heterocycles. The summed E-state index contributed by atoms with van der Waals surface area (Å²) in [4.78, 5) is 0. The van der Waals surface area contributed by atoms with Crippen molar-refractivity contribution in [3.63, 3.8) is 0 Å². The molecule has 4 aromatic rings. The van der Waals surface area contributed by atoms with Gasteiger partial charge in [0, 0.05) is 23.7 Å². The van der Waals surface area contributed by atoms with Gasteiger partial charge in [-0.25, -0.2) is 0 Å². The molecule has 2 heterocycles. The van der Waals surface area contributed by atoms with E-state index in [1.807, 2.05) is 42.5 Å². The van der Waals surface area contributed by atoms with Crippen molar-refractivity contribution in [2.24, 2.45) is 0 Å². The van der Waals surface area contributed by atoms with Crippen molar-refractivity contribution in [3.8, 4) is 6.07 Å². The number of allylic oxidation sites excluding steroid dienone is 1. The van der Waals surface area contributed by atoms with Crippen molar-refractivity contribution in [2.45, 2.75) is 32.2 Å². The zero-order valence-corrected chi connectivity index (χ0v) is 16.7. The molecule has 0 bridgehead atoms. The van der Waals surface area contributed by atoms with E-state index in [0.717, 1.165) is 63.8 Å². The molecule has 0 radical (unpaired) electrons. The van der Waals surface area contributed by atoms with Crippen LogP contribution in [0.2, 0.25) is 5.02 Å². The lowest BCUT2D eigenvalue weighted by atomic mass is 9.95. The Morgan fingerprint density at radius 1 is 0.931 bits per heavy atom. The molecule has 0 amide bonds. The highest BCUT2D eigenvalue weighted by Gasteiger charge is 2.19. The van der Waals surface area contributed by atoms with Gasteiger partial charge in [-0.2, -0.15) is 5.26 Å². The number of aryl methyl sites for hydroxylation is 1. The molecule has 0 unspecified atom stereocenters. The van der Waals surface area contributed by atoms with Crippen molar-refractivity contribution in [1.29, 1.82) is 5.26 Å². The third-order valence-corrected chi connectivity index (χ3v) is 6.07. The van der Waals surface area contributed by atoms with Crippen LogP contribution < -0.4 is 0 Å². The Kier molecular flexibility index (Phi) is 4.54. The fourth-order valence-electron chi connectivity index (χ4n) is 4.24. The Bertz CT molecular complexity index is 1250. The normalized spacial score (nSPS) is 14.6. The van der Waals surface area contributed by atoms with Crippen LogP contribution in [0.25, 0.3) is 33.2 Å². The van der Waals surface area contributed by atoms with Crippen LogP contribution in [0.4, 0.5) is 0 Å². The van der Waals surface area contributed by atoms with E-state index in [1.54, 1.807) is 0 Å². The number of nitriles is 1. The Hall–Kier alpha value is -3.16. The predicted molar refractivity (Wildman–Crippen MR) is 118 cm³/mol. The molecule has 142 valence electrons. The minimum Gasteiger partial charge on any atom is -0.310 e. The third-order valence-electron chi connectivity index (χ3n) is 5.67. The SMILES string of the molecule is N#CC(=Cc1c2ccccc2c(Cl)c2ccccc12)c1nnc2n1CCCCC2. The molecule has 1 aliphatic rings. The van der Waals surface area contributed by atoms with E-state index in [4.69, 9.17) is 11.6 Å².